The highest BCUT2D eigenvalue weighted by Gasteiger charge is 2.33. The molecule has 3 rings (SSSR count). The fourth-order valence-electron chi connectivity index (χ4n) is 4.21. The van der Waals surface area contributed by atoms with E-state index in [1.807, 2.05) is 71.0 Å². The number of carbonyl (C=O) groups excluding carboxylic acids is 2. The molecule has 0 aliphatic heterocycles. The van der Waals surface area contributed by atoms with Crippen molar-refractivity contribution in [1.82, 2.24) is 10.2 Å². The molecule has 2 amide bonds. The van der Waals surface area contributed by atoms with E-state index in [0.29, 0.717) is 12.1 Å². The smallest absolute Gasteiger partial charge is 0.264 e. The quantitative estimate of drug-likeness (QED) is 0.336. The van der Waals surface area contributed by atoms with E-state index < -0.39 is 28.5 Å². The van der Waals surface area contributed by atoms with Gasteiger partial charge >= 0.3 is 0 Å². The number of nitrogens with one attached hydrogen (secondary N) is 1. The highest BCUT2D eigenvalue weighted by molar-refractivity contribution is 7.92. The number of benzene rings is 3. The third-order valence-electron chi connectivity index (χ3n) is 6.79. The van der Waals surface area contributed by atoms with Crippen molar-refractivity contribution in [3.8, 4) is 0 Å². The van der Waals surface area contributed by atoms with Crippen LogP contribution in [0.15, 0.2) is 83.8 Å². The summed E-state index contributed by atoms with van der Waals surface area (Å²) >= 11 is 0. The van der Waals surface area contributed by atoms with Crippen molar-refractivity contribution in [3.63, 3.8) is 0 Å². The number of amides is 2. The molecule has 1 N–H and O–H groups in total. The molecule has 0 bridgehead atoms. The number of hydrogen-bond acceptors (Lipinski definition) is 4. The number of rotatable bonds is 12. The lowest BCUT2D eigenvalue weighted by molar-refractivity contribution is -0.140. The van der Waals surface area contributed by atoms with Crippen LogP contribution in [-0.2, 0) is 26.2 Å². The van der Waals surface area contributed by atoms with Gasteiger partial charge in [-0.15, -0.1) is 0 Å². The number of anilines is 1. The van der Waals surface area contributed by atoms with Gasteiger partial charge in [-0.2, -0.15) is 0 Å². The number of aryl methyl sites for hydroxylation is 2. The first-order chi connectivity index (χ1) is 18.6. The summed E-state index contributed by atoms with van der Waals surface area (Å²) in [6.07, 6.45) is 1.14. The predicted octanol–water partition coefficient (Wildman–Crippen LogP) is 5.22. The minimum atomic E-state index is -4.06. The molecule has 0 heterocycles. The Hall–Kier alpha value is -3.65. The highest BCUT2D eigenvalue weighted by atomic mass is 32.2. The predicted molar refractivity (Wildman–Crippen MR) is 156 cm³/mol. The summed E-state index contributed by atoms with van der Waals surface area (Å²) in [4.78, 5) is 28.9. The molecular weight excluding hydrogens is 510 g/mol. The maximum absolute atomic E-state index is 14.0. The summed E-state index contributed by atoms with van der Waals surface area (Å²) in [6, 6.07) is 22.0. The molecule has 0 saturated carbocycles. The van der Waals surface area contributed by atoms with Gasteiger partial charge in [0.25, 0.3) is 10.0 Å². The van der Waals surface area contributed by atoms with E-state index in [0.717, 1.165) is 27.4 Å². The summed E-state index contributed by atoms with van der Waals surface area (Å²) in [5, 5.41) is 2.99. The van der Waals surface area contributed by atoms with Crippen molar-refractivity contribution in [2.45, 2.75) is 71.0 Å². The topological polar surface area (TPSA) is 86.8 Å². The van der Waals surface area contributed by atoms with E-state index in [9.17, 15) is 18.0 Å². The summed E-state index contributed by atoms with van der Waals surface area (Å²) in [5.74, 6) is -0.707. The number of nitrogens with zero attached hydrogens (tertiary/aromatic N) is 2. The lowest BCUT2D eigenvalue weighted by Gasteiger charge is -2.33. The van der Waals surface area contributed by atoms with Crippen molar-refractivity contribution in [1.29, 1.82) is 0 Å². The molecule has 0 aromatic heterocycles. The Labute approximate surface area is 232 Å². The molecule has 3 aromatic carbocycles. The molecule has 208 valence electrons. The van der Waals surface area contributed by atoms with Gasteiger partial charge in [0.15, 0.2) is 0 Å². The Balaban J connectivity index is 2.03. The van der Waals surface area contributed by atoms with Crippen LogP contribution in [0.25, 0.3) is 0 Å². The minimum Gasteiger partial charge on any atom is -0.352 e. The van der Waals surface area contributed by atoms with E-state index in [2.05, 4.69) is 5.32 Å². The summed E-state index contributed by atoms with van der Waals surface area (Å²) < 4.78 is 28.7. The van der Waals surface area contributed by atoms with Crippen molar-refractivity contribution >= 4 is 27.5 Å². The molecule has 0 unspecified atom stereocenters. The van der Waals surface area contributed by atoms with Gasteiger partial charge in [-0.05, 0) is 63.4 Å². The van der Waals surface area contributed by atoms with Gasteiger partial charge in [0.05, 0.1) is 10.6 Å². The van der Waals surface area contributed by atoms with Gasteiger partial charge in [0.2, 0.25) is 11.8 Å². The molecule has 0 radical (unpaired) electrons. The van der Waals surface area contributed by atoms with Crippen molar-refractivity contribution in [2.24, 2.45) is 0 Å². The second kappa shape index (κ2) is 13.4. The third-order valence-corrected chi connectivity index (χ3v) is 8.58. The molecule has 7 nitrogen and oxygen atoms in total. The lowest BCUT2D eigenvalue weighted by atomic mass is 10.1. The van der Waals surface area contributed by atoms with Crippen LogP contribution in [0.4, 0.5) is 5.69 Å². The molecule has 3 aromatic rings. The van der Waals surface area contributed by atoms with E-state index in [4.69, 9.17) is 0 Å². The number of sulfonamides is 1. The number of hydrogen-bond donors (Lipinski definition) is 1. The molecule has 39 heavy (non-hydrogen) atoms. The van der Waals surface area contributed by atoms with Crippen LogP contribution in [0.3, 0.4) is 0 Å². The second-order valence-corrected chi connectivity index (χ2v) is 11.8. The van der Waals surface area contributed by atoms with Crippen LogP contribution in [0.2, 0.25) is 0 Å². The van der Waals surface area contributed by atoms with Crippen molar-refractivity contribution in [3.05, 3.63) is 95.6 Å². The van der Waals surface area contributed by atoms with Gasteiger partial charge in [0.1, 0.15) is 12.6 Å². The Morgan fingerprint density at radius 2 is 1.38 bits per heavy atom. The second-order valence-electron chi connectivity index (χ2n) is 9.91. The zero-order chi connectivity index (χ0) is 28.6. The van der Waals surface area contributed by atoms with Gasteiger partial charge in [0, 0.05) is 12.6 Å². The van der Waals surface area contributed by atoms with E-state index in [1.165, 1.54) is 17.0 Å². The van der Waals surface area contributed by atoms with Crippen LogP contribution in [0.1, 0.15) is 50.3 Å². The van der Waals surface area contributed by atoms with Crippen molar-refractivity contribution in [2.75, 3.05) is 10.8 Å². The Morgan fingerprint density at radius 1 is 0.821 bits per heavy atom. The molecule has 0 spiro atoms. The normalized spacial score (nSPS) is 12.8. The standard InChI is InChI=1S/C31H39N3O4S/c1-6-25(5)32-31(36)29(7-2)33(21-26-17-13-23(3)14-18-26)30(35)22-34(27-19-15-24(4)16-20-27)39(37,38)28-11-9-8-10-12-28/h8-20,25,29H,6-7,21-22H2,1-5H3,(H,32,36)/t25-,29-/m1/s1. The van der Waals surface area contributed by atoms with E-state index in [-0.39, 0.29) is 23.4 Å². The average molecular weight is 550 g/mol. The molecule has 8 heteroatoms. The zero-order valence-corrected chi connectivity index (χ0v) is 24.2. The van der Waals surface area contributed by atoms with Gasteiger partial charge < -0.3 is 10.2 Å². The molecule has 0 aliphatic rings. The minimum absolute atomic E-state index is 0.0506. The third kappa shape index (κ3) is 7.69. The monoisotopic (exact) mass is 549 g/mol. The summed E-state index contributed by atoms with van der Waals surface area (Å²) in [6.45, 7) is 9.38. The lowest BCUT2D eigenvalue weighted by Crippen LogP contribution is -2.53. The summed E-state index contributed by atoms with van der Waals surface area (Å²) in [7, 11) is -4.06. The maximum Gasteiger partial charge on any atom is 0.264 e. The van der Waals surface area contributed by atoms with Gasteiger partial charge in [-0.1, -0.05) is 79.6 Å². The van der Waals surface area contributed by atoms with Crippen LogP contribution in [0.5, 0.6) is 0 Å². The fourth-order valence-corrected chi connectivity index (χ4v) is 5.65. The van der Waals surface area contributed by atoms with Gasteiger partial charge in [-0.25, -0.2) is 8.42 Å². The van der Waals surface area contributed by atoms with E-state index in [1.54, 1.807) is 30.3 Å². The van der Waals surface area contributed by atoms with Crippen molar-refractivity contribution < 1.29 is 18.0 Å². The first-order valence-corrected chi connectivity index (χ1v) is 14.8. The SMILES string of the molecule is CC[C@@H](C)NC(=O)[C@@H](CC)N(Cc1ccc(C)cc1)C(=O)CN(c1ccc(C)cc1)S(=O)(=O)c1ccccc1. The first-order valence-electron chi connectivity index (χ1n) is 13.4. The first kappa shape index (κ1) is 29.9. The fraction of sp³-hybridized carbons (Fsp3) is 0.355. The van der Waals surface area contributed by atoms with Crippen LogP contribution >= 0.6 is 0 Å². The molecule has 2 atom stereocenters. The summed E-state index contributed by atoms with van der Waals surface area (Å²) in [5.41, 5.74) is 3.29. The van der Waals surface area contributed by atoms with Crippen LogP contribution in [0, 0.1) is 13.8 Å². The maximum atomic E-state index is 14.0. The highest BCUT2D eigenvalue weighted by Crippen LogP contribution is 2.25. The largest absolute Gasteiger partial charge is 0.352 e. The number of carbonyl (C=O) groups is 2. The Morgan fingerprint density at radius 3 is 1.92 bits per heavy atom. The zero-order valence-electron chi connectivity index (χ0n) is 23.4. The Bertz CT molecular complexity index is 1340. The van der Waals surface area contributed by atoms with E-state index >= 15 is 0 Å². The van der Waals surface area contributed by atoms with Crippen LogP contribution in [-0.4, -0.2) is 43.8 Å². The Kier molecular flexibility index (Phi) is 10.3. The molecule has 0 aliphatic carbocycles. The molecule has 0 fully saturated rings. The molecular formula is C31H39N3O4S. The van der Waals surface area contributed by atoms with Crippen LogP contribution < -0.4 is 9.62 Å². The molecule has 0 saturated heterocycles. The average Bonchev–Trinajstić information content (AvgIpc) is 2.93. The van der Waals surface area contributed by atoms with Gasteiger partial charge in [-0.3, -0.25) is 13.9 Å².